The first kappa shape index (κ1) is 12.2. The normalized spacial score (nSPS) is 14.7. The van der Waals surface area contributed by atoms with Crippen molar-refractivity contribution in [2.45, 2.75) is 18.9 Å². The van der Waals surface area contributed by atoms with Crippen molar-refractivity contribution in [3.8, 4) is 0 Å². The molecule has 6 nitrogen and oxygen atoms in total. The Morgan fingerprint density at radius 3 is 2.89 bits per heavy atom. The number of anilines is 1. The molecule has 7 heteroatoms. The van der Waals surface area contributed by atoms with Crippen molar-refractivity contribution in [1.29, 1.82) is 0 Å². The van der Waals surface area contributed by atoms with E-state index in [1.54, 1.807) is 6.07 Å². The van der Waals surface area contributed by atoms with Gasteiger partial charge in [0.1, 0.15) is 0 Å². The Morgan fingerprint density at radius 1 is 1.53 bits per heavy atom. The van der Waals surface area contributed by atoms with Gasteiger partial charge in [0.05, 0.1) is 11.9 Å². The molecule has 0 radical (unpaired) electrons. The summed E-state index contributed by atoms with van der Waals surface area (Å²) in [6.07, 6.45) is 3.61. The van der Waals surface area contributed by atoms with Crippen molar-refractivity contribution in [3.63, 3.8) is 0 Å². The van der Waals surface area contributed by atoms with Crippen LogP contribution in [-0.2, 0) is 0 Å². The van der Waals surface area contributed by atoms with E-state index in [1.807, 2.05) is 19.0 Å². The third-order valence-corrected chi connectivity index (χ3v) is 3.23. The first-order valence-corrected chi connectivity index (χ1v) is 6.46. The van der Waals surface area contributed by atoms with E-state index in [2.05, 4.69) is 15.4 Å². The maximum absolute atomic E-state index is 12.1. The lowest BCUT2D eigenvalue weighted by Crippen LogP contribution is -2.27. The van der Waals surface area contributed by atoms with Crippen molar-refractivity contribution in [2.75, 3.05) is 19.0 Å². The zero-order valence-corrected chi connectivity index (χ0v) is 11.5. The van der Waals surface area contributed by atoms with Crippen molar-refractivity contribution in [3.05, 3.63) is 23.1 Å². The first-order valence-electron chi connectivity index (χ1n) is 6.08. The minimum atomic E-state index is -0.158. The highest BCUT2D eigenvalue weighted by Crippen LogP contribution is 2.23. The van der Waals surface area contributed by atoms with Crippen molar-refractivity contribution < 1.29 is 4.79 Å². The quantitative estimate of drug-likeness (QED) is 0.921. The van der Waals surface area contributed by atoms with E-state index in [-0.39, 0.29) is 5.91 Å². The number of hydrogen-bond acceptors (Lipinski definition) is 4. The molecular weight excluding hydrogens is 266 g/mol. The molecule has 1 saturated carbocycles. The van der Waals surface area contributed by atoms with Crippen LogP contribution in [0, 0.1) is 0 Å². The number of rotatable bonds is 3. The highest BCUT2D eigenvalue weighted by Gasteiger charge is 2.26. The number of aromatic nitrogens is 3. The Bertz CT molecular complexity index is 647. The third kappa shape index (κ3) is 2.23. The van der Waals surface area contributed by atoms with Gasteiger partial charge in [0.2, 0.25) is 0 Å². The molecule has 0 aliphatic heterocycles. The number of nitrogens with one attached hydrogen (secondary N) is 1. The van der Waals surface area contributed by atoms with Gasteiger partial charge in [-0.05, 0) is 12.8 Å². The molecule has 0 unspecified atom stereocenters. The first-order chi connectivity index (χ1) is 9.06. The predicted molar refractivity (Wildman–Crippen MR) is 72.8 cm³/mol. The van der Waals surface area contributed by atoms with Crippen LogP contribution in [0.3, 0.4) is 0 Å². The second-order valence-electron chi connectivity index (χ2n) is 4.87. The molecule has 0 aromatic carbocycles. The Labute approximate surface area is 115 Å². The lowest BCUT2D eigenvalue weighted by Gasteiger charge is -2.13. The van der Waals surface area contributed by atoms with Gasteiger partial charge in [-0.15, -0.1) is 0 Å². The zero-order valence-electron chi connectivity index (χ0n) is 10.7. The number of carbonyl (C=O) groups is 1. The van der Waals surface area contributed by atoms with Crippen LogP contribution in [-0.4, -0.2) is 40.6 Å². The number of halogens is 1. The summed E-state index contributed by atoms with van der Waals surface area (Å²) in [4.78, 5) is 18.3. The highest BCUT2D eigenvalue weighted by atomic mass is 35.5. The van der Waals surface area contributed by atoms with Gasteiger partial charge in [-0.2, -0.15) is 5.10 Å². The maximum atomic E-state index is 12.1. The Morgan fingerprint density at radius 2 is 2.26 bits per heavy atom. The van der Waals surface area contributed by atoms with Gasteiger partial charge in [-0.3, -0.25) is 4.79 Å². The van der Waals surface area contributed by atoms with Crippen molar-refractivity contribution >= 4 is 28.8 Å². The summed E-state index contributed by atoms with van der Waals surface area (Å²) in [6.45, 7) is 0. The van der Waals surface area contributed by atoms with E-state index in [0.29, 0.717) is 22.5 Å². The largest absolute Gasteiger partial charge is 0.375 e. The smallest absolute Gasteiger partial charge is 0.271 e. The number of nitrogens with zero attached hydrogens (tertiary/aromatic N) is 4. The topological polar surface area (TPSA) is 62.5 Å². The average molecular weight is 280 g/mol. The molecule has 0 atom stereocenters. The van der Waals surface area contributed by atoms with Gasteiger partial charge < -0.3 is 10.2 Å². The summed E-state index contributed by atoms with van der Waals surface area (Å²) in [5.41, 5.74) is 1.85. The summed E-state index contributed by atoms with van der Waals surface area (Å²) < 4.78 is 1.50. The summed E-state index contributed by atoms with van der Waals surface area (Å²) in [5, 5.41) is 7.41. The Kier molecular flexibility index (Phi) is 2.82. The molecule has 0 bridgehead atoms. The zero-order chi connectivity index (χ0) is 13.6. The second-order valence-corrected chi connectivity index (χ2v) is 5.26. The summed E-state index contributed by atoms with van der Waals surface area (Å²) in [5.74, 6) is -0.158. The molecule has 2 aromatic heterocycles. The Hall–Kier alpha value is -1.82. The summed E-state index contributed by atoms with van der Waals surface area (Å²) in [6, 6.07) is 2.03. The van der Waals surface area contributed by atoms with Crippen LogP contribution in [0.2, 0.25) is 5.15 Å². The molecule has 1 fully saturated rings. The van der Waals surface area contributed by atoms with Crippen molar-refractivity contribution in [2.24, 2.45) is 0 Å². The van der Waals surface area contributed by atoms with E-state index in [9.17, 15) is 4.79 Å². The standard InChI is InChI=1S/C12H14ClN5O/c1-17(2)8-5-10(13)16-18-9(6-14-11(8)18)12(19)15-7-3-4-7/h5-7H,3-4H2,1-2H3,(H,15,19). The van der Waals surface area contributed by atoms with E-state index < -0.39 is 0 Å². The van der Waals surface area contributed by atoms with Gasteiger partial charge in [0, 0.05) is 26.2 Å². The lowest BCUT2D eigenvalue weighted by molar-refractivity contribution is 0.0944. The fourth-order valence-corrected chi connectivity index (χ4v) is 2.07. The highest BCUT2D eigenvalue weighted by molar-refractivity contribution is 6.29. The van der Waals surface area contributed by atoms with E-state index in [4.69, 9.17) is 11.6 Å². The molecule has 1 N–H and O–H groups in total. The third-order valence-electron chi connectivity index (χ3n) is 3.05. The number of carbonyl (C=O) groups excluding carboxylic acids is 1. The van der Waals surface area contributed by atoms with Gasteiger partial charge in [-0.1, -0.05) is 11.6 Å². The van der Waals surface area contributed by atoms with Gasteiger partial charge in [0.25, 0.3) is 5.91 Å². The second kappa shape index (κ2) is 4.38. The van der Waals surface area contributed by atoms with Crippen LogP contribution < -0.4 is 10.2 Å². The number of amides is 1. The van der Waals surface area contributed by atoms with E-state index in [0.717, 1.165) is 18.5 Å². The summed E-state index contributed by atoms with van der Waals surface area (Å²) in [7, 11) is 3.79. The molecule has 1 aliphatic rings. The number of fused-ring (bicyclic) bond motifs is 1. The maximum Gasteiger partial charge on any atom is 0.271 e. The molecule has 1 amide bonds. The molecule has 2 heterocycles. The molecular formula is C12H14ClN5O. The SMILES string of the molecule is CN(C)c1cc(Cl)nn2c(C(=O)NC3CC3)cnc12. The number of imidazole rings is 1. The molecule has 0 saturated heterocycles. The molecule has 2 aromatic rings. The molecule has 100 valence electrons. The minimum Gasteiger partial charge on any atom is -0.375 e. The van der Waals surface area contributed by atoms with Gasteiger partial charge in [-0.25, -0.2) is 9.50 Å². The van der Waals surface area contributed by atoms with Crippen LogP contribution in [0.4, 0.5) is 5.69 Å². The monoisotopic (exact) mass is 279 g/mol. The van der Waals surface area contributed by atoms with Crippen LogP contribution in [0.1, 0.15) is 23.3 Å². The van der Waals surface area contributed by atoms with Crippen LogP contribution >= 0.6 is 11.6 Å². The number of hydrogen-bond donors (Lipinski definition) is 1. The lowest BCUT2D eigenvalue weighted by atomic mass is 10.4. The van der Waals surface area contributed by atoms with Crippen molar-refractivity contribution in [1.82, 2.24) is 19.9 Å². The molecule has 1 aliphatic carbocycles. The molecule has 19 heavy (non-hydrogen) atoms. The predicted octanol–water partition coefficient (Wildman–Crippen LogP) is 1.34. The van der Waals surface area contributed by atoms with Crippen LogP contribution in [0.25, 0.3) is 5.65 Å². The van der Waals surface area contributed by atoms with E-state index in [1.165, 1.54) is 10.7 Å². The fourth-order valence-electron chi connectivity index (χ4n) is 1.89. The van der Waals surface area contributed by atoms with Crippen LogP contribution in [0.15, 0.2) is 12.3 Å². The van der Waals surface area contributed by atoms with Crippen LogP contribution in [0.5, 0.6) is 0 Å². The van der Waals surface area contributed by atoms with Gasteiger partial charge >= 0.3 is 0 Å². The fraction of sp³-hybridized carbons (Fsp3) is 0.417. The van der Waals surface area contributed by atoms with E-state index >= 15 is 0 Å². The molecule has 3 rings (SSSR count). The van der Waals surface area contributed by atoms with Gasteiger partial charge in [0.15, 0.2) is 16.5 Å². The molecule has 0 spiro atoms. The minimum absolute atomic E-state index is 0.158. The Balaban J connectivity index is 2.08. The summed E-state index contributed by atoms with van der Waals surface area (Å²) >= 11 is 6.00. The average Bonchev–Trinajstić information content (AvgIpc) is 3.05.